The van der Waals surface area contributed by atoms with Crippen molar-refractivity contribution >= 4 is 39.8 Å². The predicted molar refractivity (Wildman–Crippen MR) is 133 cm³/mol. The van der Waals surface area contributed by atoms with Crippen molar-refractivity contribution in [3.63, 3.8) is 0 Å². The van der Waals surface area contributed by atoms with Gasteiger partial charge in [-0.05, 0) is 31.9 Å². The maximum Gasteiger partial charge on any atom is 0.194 e. The lowest BCUT2D eigenvalue weighted by Gasteiger charge is -2.36. The third-order valence-corrected chi connectivity index (χ3v) is 7.20. The van der Waals surface area contributed by atoms with Gasteiger partial charge in [-0.3, -0.25) is 9.89 Å². The van der Waals surface area contributed by atoms with E-state index in [2.05, 4.69) is 54.1 Å². The van der Waals surface area contributed by atoms with E-state index in [9.17, 15) is 8.42 Å². The molecule has 2 aliphatic rings. The minimum Gasteiger partial charge on any atom is -0.370 e. The Kier molecular flexibility index (Phi) is 9.83. The molecular weight excluding hydrogens is 515 g/mol. The third-order valence-electron chi connectivity index (χ3n) is 5.59. The topological polar surface area (TPSA) is 74.2 Å². The Balaban J connectivity index is 0.00000320. The molecule has 3 rings (SSSR count). The number of aliphatic imine (C=N–C) groups is 1. The van der Waals surface area contributed by atoms with Crippen LogP contribution in [0, 0.1) is 13.8 Å². The summed E-state index contributed by atoms with van der Waals surface area (Å²) >= 11 is 0. The van der Waals surface area contributed by atoms with Gasteiger partial charge in [-0.1, -0.05) is 23.8 Å². The van der Waals surface area contributed by atoms with Crippen molar-refractivity contribution in [2.24, 2.45) is 4.99 Å². The van der Waals surface area contributed by atoms with Gasteiger partial charge in [0, 0.05) is 32.7 Å². The summed E-state index contributed by atoms with van der Waals surface area (Å²) in [4.78, 5) is 9.28. The standard InChI is InChI=1S/C21H34N4O3S.HI/c1-4-22-21(23-7-8-24-10-13-29(26,27)14-11-24)25-9-12-28-20(16-25)19-6-5-17(2)15-18(19)3;/h5-6,15,20H,4,7-14,16H2,1-3H3,(H,22,23);1H. The number of hydrogen-bond acceptors (Lipinski definition) is 5. The second-order valence-corrected chi connectivity index (χ2v) is 10.2. The van der Waals surface area contributed by atoms with E-state index in [0.717, 1.165) is 32.1 Å². The van der Waals surface area contributed by atoms with Gasteiger partial charge >= 0.3 is 0 Å². The minimum atomic E-state index is -2.83. The lowest BCUT2D eigenvalue weighted by Crippen LogP contribution is -2.48. The normalized spacial score (nSPS) is 22.4. The lowest BCUT2D eigenvalue weighted by molar-refractivity contribution is -0.00834. The Morgan fingerprint density at radius 2 is 1.97 bits per heavy atom. The van der Waals surface area contributed by atoms with Gasteiger partial charge < -0.3 is 15.0 Å². The molecule has 1 atom stereocenters. The molecule has 9 heteroatoms. The van der Waals surface area contributed by atoms with Gasteiger partial charge in [0.1, 0.15) is 6.10 Å². The number of morpholine rings is 1. The van der Waals surface area contributed by atoms with Crippen LogP contribution in [-0.4, -0.2) is 88.1 Å². The van der Waals surface area contributed by atoms with E-state index in [1.165, 1.54) is 16.7 Å². The molecule has 0 spiro atoms. The molecule has 30 heavy (non-hydrogen) atoms. The number of ether oxygens (including phenoxy) is 1. The van der Waals surface area contributed by atoms with Gasteiger partial charge in [-0.15, -0.1) is 24.0 Å². The zero-order valence-corrected chi connectivity index (χ0v) is 21.4. The Morgan fingerprint density at radius 3 is 2.63 bits per heavy atom. The molecule has 0 aromatic heterocycles. The number of sulfone groups is 1. The number of hydrogen-bond donors (Lipinski definition) is 1. The first-order valence-corrected chi connectivity index (χ1v) is 12.3. The second kappa shape index (κ2) is 11.6. The molecule has 170 valence electrons. The fourth-order valence-corrected chi connectivity index (χ4v) is 5.19. The van der Waals surface area contributed by atoms with Crippen LogP contribution >= 0.6 is 24.0 Å². The minimum absolute atomic E-state index is 0. The molecule has 1 unspecified atom stereocenters. The molecule has 1 N–H and O–H groups in total. The Bertz CT molecular complexity index is 818. The van der Waals surface area contributed by atoms with Crippen LogP contribution in [0.2, 0.25) is 0 Å². The predicted octanol–water partition coefficient (Wildman–Crippen LogP) is 1.99. The first kappa shape index (κ1) is 25.4. The highest BCUT2D eigenvalue weighted by atomic mass is 127. The average molecular weight is 551 g/mol. The fraction of sp³-hybridized carbons (Fsp3) is 0.667. The summed E-state index contributed by atoms with van der Waals surface area (Å²) in [5, 5.41) is 3.40. The van der Waals surface area contributed by atoms with Gasteiger partial charge in [0.05, 0.1) is 31.2 Å². The van der Waals surface area contributed by atoms with Crippen molar-refractivity contribution in [1.82, 2.24) is 15.1 Å². The number of halogens is 1. The van der Waals surface area contributed by atoms with Crippen molar-refractivity contribution in [3.05, 3.63) is 34.9 Å². The molecule has 1 aromatic carbocycles. The van der Waals surface area contributed by atoms with Gasteiger partial charge in [0.2, 0.25) is 0 Å². The van der Waals surface area contributed by atoms with Crippen LogP contribution in [0.5, 0.6) is 0 Å². The summed E-state index contributed by atoms with van der Waals surface area (Å²) in [6.45, 7) is 12.1. The van der Waals surface area contributed by atoms with Crippen molar-refractivity contribution in [3.8, 4) is 0 Å². The van der Waals surface area contributed by atoms with E-state index in [0.29, 0.717) is 26.2 Å². The van der Waals surface area contributed by atoms with E-state index < -0.39 is 9.84 Å². The summed E-state index contributed by atoms with van der Waals surface area (Å²) in [7, 11) is -2.83. The van der Waals surface area contributed by atoms with Crippen molar-refractivity contribution in [2.75, 3.05) is 63.9 Å². The van der Waals surface area contributed by atoms with Crippen molar-refractivity contribution < 1.29 is 13.2 Å². The first-order chi connectivity index (χ1) is 13.9. The zero-order valence-electron chi connectivity index (χ0n) is 18.3. The molecular formula is C21H35IN4O3S. The molecule has 7 nitrogen and oxygen atoms in total. The van der Waals surface area contributed by atoms with E-state index in [1.807, 2.05) is 0 Å². The summed E-state index contributed by atoms with van der Waals surface area (Å²) in [6.07, 6.45) is 0.0421. The van der Waals surface area contributed by atoms with Crippen LogP contribution in [0.4, 0.5) is 0 Å². The van der Waals surface area contributed by atoms with Crippen molar-refractivity contribution in [2.45, 2.75) is 26.9 Å². The van der Waals surface area contributed by atoms with Crippen LogP contribution in [0.25, 0.3) is 0 Å². The zero-order chi connectivity index (χ0) is 20.9. The molecule has 0 amide bonds. The highest BCUT2D eigenvalue weighted by Gasteiger charge is 2.25. The Morgan fingerprint density at radius 1 is 1.23 bits per heavy atom. The van der Waals surface area contributed by atoms with Gasteiger partial charge in [0.25, 0.3) is 0 Å². The number of guanidine groups is 1. The summed E-state index contributed by atoms with van der Waals surface area (Å²) in [5.41, 5.74) is 3.77. The summed E-state index contributed by atoms with van der Waals surface area (Å²) < 4.78 is 29.2. The molecule has 2 fully saturated rings. The number of nitrogens with zero attached hydrogens (tertiary/aromatic N) is 3. The van der Waals surface area contributed by atoms with Crippen LogP contribution < -0.4 is 5.32 Å². The van der Waals surface area contributed by atoms with Gasteiger partial charge in [-0.25, -0.2) is 8.42 Å². The molecule has 1 aromatic rings. The molecule has 2 aliphatic heterocycles. The average Bonchev–Trinajstić information content (AvgIpc) is 2.68. The van der Waals surface area contributed by atoms with Crippen LogP contribution in [0.15, 0.2) is 23.2 Å². The van der Waals surface area contributed by atoms with Crippen LogP contribution in [0.3, 0.4) is 0 Å². The molecule has 0 bridgehead atoms. The highest BCUT2D eigenvalue weighted by Crippen LogP contribution is 2.25. The third kappa shape index (κ3) is 7.06. The number of nitrogens with one attached hydrogen (secondary N) is 1. The van der Waals surface area contributed by atoms with Gasteiger partial charge in [0.15, 0.2) is 15.8 Å². The Hall–Kier alpha value is -0.910. The van der Waals surface area contributed by atoms with Gasteiger partial charge in [-0.2, -0.15) is 0 Å². The number of rotatable bonds is 5. The number of benzene rings is 1. The monoisotopic (exact) mass is 550 g/mol. The maximum atomic E-state index is 11.6. The lowest BCUT2D eigenvalue weighted by atomic mass is 10.00. The number of aryl methyl sites for hydroxylation is 2. The molecule has 0 aliphatic carbocycles. The molecule has 0 radical (unpaired) electrons. The van der Waals surface area contributed by atoms with E-state index in [4.69, 9.17) is 9.73 Å². The van der Waals surface area contributed by atoms with Crippen LogP contribution in [-0.2, 0) is 14.6 Å². The molecule has 0 saturated carbocycles. The van der Waals surface area contributed by atoms with Crippen LogP contribution in [0.1, 0.15) is 29.7 Å². The maximum absolute atomic E-state index is 11.6. The van der Waals surface area contributed by atoms with E-state index >= 15 is 0 Å². The van der Waals surface area contributed by atoms with E-state index in [-0.39, 0.29) is 41.6 Å². The van der Waals surface area contributed by atoms with E-state index in [1.54, 1.807) is 0 Å². The quantitative estimate of drug-likeness (QED) is 0.344. The SMILES string of the molecule is CCNC(=NCCN1CCS(=O)(=O)CC1)N1CCOC(c2ccc(C)cc2C)C1.I. The summed E-state index contributed by atoms with van der Waals surface area (Å²) in [6, 6.07) is 6.52. The fourth-order valence-electron chi connectivity index (χ4n) is 3.91. The molecule has 2 heterocycles. The molecule has 2 saturated heterocycles. The smallest absolute Gasteiger partial charge is 0.194 e. The largest absolute Gasteiger partial charge is 0.370 e. The first-order valence-electron chi connectivity index (χ1n) is 10.5. The second-order valence-electron chi connectivity index (χ2n) is 7.89. The van der Waals surface area contributed by atoms with Crippen molar-refractivity contribution in [1.29, 1.82) is 0 Å². The summed E-state index contributed by atoms with van der Waals surface area (Å²) in [5.74, 6) is 1.44. The highest BCUT2D eigenvalue weighted by molar-refractivity contribution is 14.0. The Labute approximate surface area is 198 Å².